The maximum absolute atomic E-state index is 14.6. The molecule has 2 amide bonds. The predicted molar refractivity (Wildman–Crippen MR) is 154 cm³/mol. The van der Waals surface area contributed by atoms with Crippen LogP contribution in [0.5, 0.6) is 5.75 Å². The summed E-state index contributed by atoms with van der Waals surface area (Å²) in [6.07, 6.45) is 0.853. The van der Waals surface area contributed by atoms with Gasteiger partial charge in [0.1, 0.15) is 17.4 Å². The molecule has 2 fully saturated rings. The highest BCUT2D eigenvalue weighted by Gasteiger charge is 2.59. The van der Waals surface area contributed by atoms with Crippen LogP contribution in [-0.4, -0.2) is 60.5 Å². The van der Waals surface area contributed by atoms with Crippen LogP contribution in [-0.2, 0) is 18.8 Å². The lowest BCUT2D eigenvalue weighted by Gasteiger charge is -2.34. The Labute approximate surface area is 238 Å². The summed E-state index contributed by atoms with van der Waals surface area (Å²) in [4.78, 5) is 31.2. The number of rotatable bonds is 4. The van der Waals surface area contributed by atoms with E-state index in [9.17, 15) is 9.59 Å². The Bertz CT molecular complexity index is 1260. The molecule has 40 heavy (non-hydrogen) atoms. The van der Waals surface area contributed by atoms with Gasteiger partial charge in [-0.2, -0.15) is 0 Å². The Morgan fingerprint density at radius 1 is 0.975 bits per heavy atom. The van der Waals surface area contributed by atoms with E-state index in [1.807, 2.05) is 95.8 Å². The summed E-state index contributed by atoms with van der Waals surface area (Å²) < 4.78 is 24.3. The van der Waals surface area contributed by atoms with E-state index in [1.54, 1.807) is 12.0 Å². The van der Waals surface area contributed by atoms with Gasteiger partial charge < -0.3 is 23.7 Å². The second-order valence-electron chi connectivity index (χ2n) is 13.0. The van der Waals surface area contributed by atoms with Gasteiger partial charge in [0.05, 0.1) is 24.4 Å². The molecule has 0 unspecified atom stereocenters. The van der Waals surface area contributed by atoms with Gasteiger partial charge in [-0.3, -0.25) is 9.69 Å². The van der Waals surface area contributed by atoms with Crippen LogP contribution in [0.4, 0.5) is 10.5 Å². The molecule has 0 aliphatic carbocycles. The number of methoxy groups -OCH3 is 1. The Morgan fingerprint density at radius 2 is 1.60 bits per heavy atom. The summed E-state index contributed by atoms with van der Waals surface area (Å²) in [7, 11) is 1.05. The third-order valence-corrected chi connectivity index (χ3v) is 8.60. The molecule has 0 saturated carbocycles. The number of carbonyl (C=O) groups is 2. The number of carbonyl (C=O) groups excluding carboxylic acids is 2. The fourth-order valence-corrected chi connectivity index (χ4v) is 5.94. The molecular formula is C31H41BN2O6. The van der Waals surface area contributed by atoms with Gasteiger partial charge in [-0.25, -0.2) is 4.79 Å². The van der Waals surface area contributed by atoms with E-state index in [0.717, 1.165) is 29.0 Å². The zero-order chi connectivity index (χ0) is 29.0. The molecule has 3 atom stereocenters. The predicted octanol–water partition coefficient (Wildman–Crippen LogP) is 5.90. The lowest BCUT2D eigenvalue weighted by Crippen LogP contribution is -2.50. The summed E-state index contributed by atoms with van der Waals surface area (Å²) in [6, 6.07) is 14.7. The van der Waals surface area contributed by atoms with Crippen molar-refractivity contribution in [2.45, 2.75) is 96.0 Å². The molecule has 3 aliphatic rings. The molecule has 214 valence electrons. The van der Waals surface area contributed by atoms with Crippen molar-refractivity contribution >= 4 is 24.8 Å². The van der Waals surface area contributed by atoms with Crippen LogP contribution in [0.1, 0.15) is 84.3 Å². The normalized spacial score (nSPS) is 25.2. The van der Waals surface area contributed by atoms with Gasteiger partial charge >= 0.3 is 13.2 Å². The zero-order valence-corrected chi connectivity index (χ0v) is 24.9. The average Bonchev–Trinajstić information content (AvgIpc) is 3.55. The number of hydrogen-bond acceptors (Lipinski definition) is 6. The van der Waals surface area contributed by atoms with Crippen LogP contribution in [0, 0.1) is 0 Å². The highest BCUT2D eigenvalue weighted by molar-refractivity contribution is 6.48. The molecule has 0 aromatic heterocycles. The quantitative estimate of drug-likeness (QED) is 0.443. The van der Waals surface area contributed by atoms with Crippen LogP contribution < -0.4 is 9.64 Å². The van der Waals surface area contributed by atoms with Crippen LogP contribution >= 0.6 is 0 Å². The van der Waals surface area contributed by atoms with Crippen molar-refractivity contribution in [3.05, 3.63) is 59.7 Å². The van der Waals surface area contributed by atoms with Gasteiger partial charge in [0, 0.05) is 18.0 Å². The first-order chi connectivity index (χ1) is 18.7. The van der Waals surface area contributed by atoms with Crippen molar-refractivity contribution in [2.24, 2.45) is 0 Å². The summed E-state index contributed by atoms with van der Waals surface area (Å²) in [5, 5.41) is 0. The second-order valence-corrected chi connectivity index (χ2v) is 13.0. The lowest BCUT2D eigenvalue weighted by molar-refractivity contribution is -0.123. The Hall–Kier alpha value is -3.04. The standard InChI is InChI=1S/C31H41BN2O6/c1-29(2,3)38-28(36)33-19-11-14-24(33)27(35)34-23-13-10-9-12-22(23)25(32-39-30(4,5)31(6,7)40-32)26(34)20-15-17-21(37-8)18-16-20/h9-10,12-13,15-18,24-26H,11,14,19H2,1-8H3/t24-,25-,26-/m0/s1. The number of amides is 2. The van der Waals surface area contributed by atoms with E-state index in [-0.39, 0.29) is 11.7 Å². The Balaban J connectivity index is 1.59. The van der Waals surface area contributed by atoms with E-state index in [0.29, 0.717) is 13.0 Å². The fourth-order valence-electron chi connectivity index (χ4n) is 5.94. The van der Waals surface area contributed by atoms with Crippen molar-refractivity contribution in [1.82, 2.24) is 4.90 Å². The van der Waals surface area contributed by atoms with Crippen molar-refractivity contribution in [3.8, 4) is 5.75 Å². The number of para-hydroxylation sites is 1. The molecule has 2 aromatic carbocycles. The monoisotopic (exact) mass is 548 g/mol. The van der Waals surface area contributed by atoms with Crippen LogP contribution in [0.2, 0.25) is 0 Å². The lowest BCUT2D eigenvalue weighted by atomic mass is 9.64. The molecule has 3 aliphatic heterocycles. The first kappa shape index (κ1) is 28.5. The minimum absolute atomic E-state index is 0.129. The van der Waals surface area contributed by atoms with Crippen molar-refractivity contribution < 1.29 is 28.4 Å². The molecule has 3 heterocycles. The summed E-state index contributed by atoms with van der Waals surface area (Å²) in [6.45, 7) is 14.1. The molecule has 0 bridgehead atoms. The van der Waals surface area contributed by atoms with Gasteiger partial charge in [-0.05, 0) is 90.6 Å². The molecule has 2 saturated heterocycles. The van der Waals surface area contributed by atoms with E-state index >= 15 is 0 Å². The summed E-state index contributed by atoms with van der Waals surface area (Å²) in [5.41, 5.74) is 1.01. The molecule has 2 aromatic rings. The van der Waals surface area contributed by atoms with Crippen LogP contribution in [0.25, 0.3) is 0 Å². The molecule has 9 heteroatoms. The molecular weight excluding hydrogens is 507 g/mol. The topological polar surface area (TPSA) is 77.5 Å². The number of benzene rings is 2. The fraction of sp³-hybridized carbons (Fsp3) is 0.548. The van der Waals surface area contributed by atoms with Crippen LogP contribution in [0.15, 0.2) is 48.5 Å². The maximum Gasteiger partial charge on any atom is 0.468 e. The molecule has 5 rings (SSSR count). The highest BCUT2D eigenvalue weighted by Crippen LogP contribution is 2.54. The number of nitrogens with zero attached hydrogens (tertiary/aromatic N) is 2. The van der Waals surface area contributed by atoms with Crippen molar-refractivity contribution in [3.63, 3.8) is 0 Å². The number of ether oxygens (including phenoxy) is 2. The number of hydrogen-bond donors (Lipinski definition) is 0. The van der Waals surface area contributed by atoms with Gasteiger partial charge in [-0.15, -0.1) is 0 Å². The van der Waals surface area contributed by atoms with E-state index < -0.39 is 42.1 Å². The summed E-state index contributed by atoms with van der Waals surface area (Å²) >= 11 is 0. The van der Waals surface area contributed by atoms with Gasteiger partial charge in [-0.1, -0.05) is 30.3 Å². The van der Waals surface area contributed by atoms with Crippen molar-refractivity contribution in [1.29, 1.82) is 0 Å². The number of fused-ring (bicyclic) bond motifs is 1. The minimum Gasteiger partial charge on any atom is -0.497 e. The maximum atomic E-state index is 14.6. The van der Waals surface area contributed by atoms with Crippen LogP contribution in [0.3, 0.4) is 0 Å². The Kier molecular flexibility index (Phi) is 7.20. The average molecular weight is 548 g/mol. The minimum atomic E-state index is -0.652. The second kappa shape index (κ2) is 10.1. The van der Waals surface area contributed by atoms with E-state index in [2.05, 4.69) is 6.07 Å². The van der Waals surface area contributed by atoms with Crippen molar-refractivity contribution in [2.75, 3.05) is 18.6 Å². The Morgan fingerprint density at radius 3 is 2.20 bits per heavy atom. The zero-order valence-electron chi connectivity index (χ0n) is 24.9. The molecule has 8 nitrogen and oxygen atoms in total. The number of anilines is 1. The third-order valence-electron chi connectivity index (χ3n) is 8.60. The van der Waals surface area contributed by atoms with Gasteiger partial charge in [0.25, 0.3) is 5.91 Å². The largest absolute Gasteiger partial charge is 0.497 e. The smallest absolute Gasteiger partial charge is 0.468 e. The SMILES string of the molecule is COc1ccc([C@H]2[C@@H](B3OC(C)(C)C(C)(C)O3)c3ccccc3N2C(=O)[C@@H]2CCCN2C(=O)OC(C)(C)C)cc1. The molecule has 0 radical (unpaired) electrons. The first-order valence-electron chi connectivity index (χ1n) is 14.2. The molecule has 0 spiro atoms. The molecule has 0 N–H and O–H groups in total. The van der Waals surface area contributed by atoms with E-state index in [4.69, 9.17) is 18.8 Å². The first-order valence-corrected chi connectivity index (χ1v) is 14.2. The van der Waals surface area contributed by atoms with Gasteiger partial charge in [0.15, 0.2) is 0 Å². The highest BCUT2D eigenvalue weighted by atomic mass is 16.7. The summed E-state index contributed by atoms with van der Waals surface area (Å²) in [5.74, 6) is 0.317. The van der Waals surface area contributed by atoms with E-state index in [1.165, 1.54) is 0 Å². The van der Waals surface area contributed by atoms with Gasteiger partial charge in [0.2, 0.25) is 0 Å². The number of likely N-dealkylation sites (tertiary alicyclic amines) is 1. The third kappa shape index (κ3) is 4.98.